The number of aromatic nitrogens is 5. The molecular weight excluding hydrogens is 408 g/mol. The number of hydrogen-bond acceptors (Lipinski definition) is 6. The SMILES string of the molecule is O=C(O)[C@H](Cc1c[nH]c2ccccc12)NC(c1ccco1)c1nnnn1C1CCCCC1. The van der Waals surface area contributed by atoms with Gasteiger partial charge in [0.1, 0.15) is 17.8 Å². The maximum atomic E-state index is 12.3. The van der Waals surface area contributed by atoms with Crippen molar-refractivity contribution >= 4 is 16.9 Å². The molecule has 0 radical (unpaired) electrons. The average Bonchev–Trinajstić information content (AvgIpc) is 3.58. The van der Waals surface area contributed by atoms with Crippen LogP contribution in [0.1, 0.15) is 61.3 Å². The largest absolute Gasteiger partial charge is 0.480 e. The number of fused-ring (bicyclic) bond motifs is 1. The highest BCUT2D eigenvalue weighted by Crippen LogP contribution is 2.31. The summed E-state index contributed by atoms with van der Waals surface area (Å²) in [6, 6.07) is 10.3. The van der Waals surface area contributed by atoms with E-state index in [0.29, 0.717) is 18.0 Å². The molecule has 0 saturated heterocycles. The molecular formula is C23H26N6O3. The van der Waals surface area contributed by atoms with Crippen LogP contribution >= 0.6 is 0 Å². The molecule has 166 valence electrons. The van der Waals surface area contributed by atoms with Crippen molar-refractivity contribution < 1.29 is 14.3 Å². The summed E-state index contributed by atoms with van der Waals surface area (Å²) >= 11 is 0. The normalized spacial score (nSPS) is 16.9. The molecule has 1 fully saturated rings. The Balaban J connectivity index is 1.46. The number of tetrazole rings is 1. The smallest absolute Gasteiger partial charge is 0.321 e. The number of benzene rings is 1. The van der Waals surface area contributed by atoms with Crippen LogP contribution in [0.5, 0.6) is 0 Å². The summed E-state index contributed by atoms with van der Waals surface area (Å²) in [7, 11) is 0. The molecule has 5 rings (SSSR count). The number of para-hydroxylation sites is 1. The molecule has 0 amide bonds. The van der Waals surface area contributed by atoms with E-state index in [4.69, 9.17) is 4.42 Å². The van der Waals surface area contributed by atoms with Gasteiger partial charge in [0.15, 0.2) is 5.82 Å². The fraction of sp³-hybridized carbons (Fsp3) is 0.391. The lowest BCUT2D eigenvalue weighted by Gasteiger charge is -2.26. The number of H-pyrrole nitrogens is 1. The van der Waals surface area contributed by atoms with Crippen LogP contribution in [0.4, 0.5) is 0 Å². The molecule has 0 bridgehead atoms. The quantitative estimate of drug-likeness (QED) is 0.387. The Morgan fingerprint density at radius 3 is 2.84 bits per heavy atom. The molecule has 9 nitrogen and oxygen atoms in total. The number of carbonyl (C=O) groups is 1. The Morgan fingerprint density at radius 1 is 1.22 bits per heavy atom. The van der Waals surface area contributed by atoms with Crippen molar-refractivity contribution in [1.29, 1.82) is 0 Å². The van der Waals surface area contributed by atoms with Gasteiger partial charge < -0.3 is 14.5 Å². The Hall–Kier alpha value is -3.46. The molecule has 2 atom stereocenters. The summed E-state index contributed by atoms with van der Waals surface area (Å²) in [6.45, 7) is 0. The van der Waals surface area contributed by atoms with Crippen molar-refractivity contribution in [2.45, 2.75) is 56.7 Å². The van der Waals surface area contributed by atoms with Crippen LogP contribution in [0.2, 0.25) is 0 Å². The third kappa shape index (κ3) is 4.03. The maximum absolute atomic E-state index is 12.3. The minimum absolute atomic E-state index is 0.213. The number of aromatic amines is 1. The van der Waals surface area contributed by atoms with Gasteiger partial charge in [-0.2, -0.15) is 0 Å². The summed E-state index contributed by atoms with van der Waals surface area (Å²) in [5, 5.41) is 26.8. The molecule has 0 aliphatic heterocycles. The predicted molar refractivity (Wildman–Crippen MR) is 117 cm³/mol. The van der Waals surface area contributed by atoms with Gasteiger partial charge in [-0.3, -0.25) is 10.1 Å². The summed E-state index contributed by atoms with van der Waals surface area (Å²) in [6.07, 6.45) is 9.29. The minimum Gasteiger partial charge on any atom is -0.480 e. The van der Waals surface area contributed by atoms with Crippen molar-refractivity contribution in [2.24, 2.45) is 0 Å². The van der Waals surface area contributed by atoms with Crippen molar-refractivity contribution in [1.82, 2.24) is 30.5 Å². The van der Waals surface area contributed by atoms with E-state index in [9.17, 15) is 9.90 Å². The van der Waals surface area contributed by atoms with Crippen LogP contribution in [-0.2, 0) is 11.2 Å². The summed E-state index contributed by atoms with van der Waals surface area (Å²) in [4.78, 5) is 15.5. The van der Waals surface area contributed by atoms with Gasteiger partial charge in [0.2, 0.25) is 0 Å². The lowest BCUT2D eigenvalue weighted by molar-refractivity contribution is -0.139. The number of aliphatic carboxylic acids is 1. The first-order chi connectivity index (χ1) is 15.7. The number of nitrogens with zero attached hydrogens (tertiary/aromatic N) is 4. The lowest BCUT2D eigenvalue weighted by Crippen LogP contribution is -2.42. The number of furan rings is 1. The van der Waals surface area contributed by atoms with Crippen molar-refractivity contribution in [3.8, 4) is 0 Å². The van der Waals surface area contributed by atoms with E-state index in [1.807, 2.05) is 41.2 Å². The van der Waals surface area contributed by atoms with E-state index >= 15 is 0 Å². The van der Waals surface area contributed by atoms with Crippen LogP contribution in [0, 0.1) is 0 Å². The highest BCUT2D eigenvalue weighted by Gasteiger charge is 2.32. The van der Waals surface area contributed by atoms with Crippen LogP contribution < -0.4 is 5.32 Å². The van der Waals surface area contributed by atoms with Gasteiger partial charge in [-0.15, -0.1) is 5.10 Å². The topological polar surface area (TPSA) is 122 Å². The lowest BCUT2D eigenvalue weighted by atomic mass is 9.95. The van der Waals surface area contributed by atoms with Gasteiger partial charge in [0, 0.05) is 23.5 Å². The van der Waals surface area contributed by atoms with Gasteiger partial charge in [-0.25, -0.2) is 4.68 Å². The zero-order chi connectivity index (χ0) is 21.9. The fourth-order valence-corrected chi connectivity index (χ4v) is 4.65. The second kappa shape index (κ2) is 8.96. The summed E-state index contributed by atoms with van der Waals surface area (Å²) in [5.41, 5.74) is 1.92. The second-order valence-electron chi connectivity index (χ2n) is 8.34. The molecule has 1 unspecified atom stereocenters. The molecule has 3 aromatic heterocycles. The molecule has 32 heavy (non-hydrogen) atoms. The highest BCUT2D eigenvalue weighted by molar-refractivity contribution is 5.84. The van der Waals surface area contributed by atoms with Gasteiger partial charge in [-0.1, -0.05) is 37.5 Å². The van der Waals surface area contributed by atoms with Crippen molar-refractivity contribution in [2.75, 3.05) is 0 Å². The predicted octanol–water partition coefficient (Wildman–Crippen LogP) is 3.63. The number of carboxylic acid groups (broad SMARTS) is 1. The molecule has 9 heteroatoms. The number of hydrogen-bond donors (Lipinski definition) is 3. The molecule has 0 spiro atoms. The van der Waals surface area contributed by atoms with E-state index in [2.05, 4.69) is 25.8 Å². The third-order valence-electron chi connectivity index (χ3n) is 6.29. The fourth-order valence-electron chi connectivity index (χ4n) is 4.65. The first-order valence-corrected chi connectivity index (χ1v) is 11.1. The standard InChI is InChI=1S/C23H26N6O3/c30-23(31)19(13-15-14-24-18-10-5-4-9-17(15)18)25-21(20-11-6-12-32-20)22-26-27-28-29(22)16-7-2-1-3-8-16/h4-6,9-12,14,16,19,21,24-25H,1-3,7-8,13H2,(H,30,31)/t19-,21?/m0/s1. The molecule has 3 N–H and O–H groups in total. The van der Waals surface area contributed by atoms with Crippen LogP contribution in [0.15, 0.2) is 53.3 Å². The zero-order valence-electron chi connectivity index (χ0n) is 17.6. The first-order valence-electron chi connectivity index (χ1n) is 11.1. The van der Waals surface area contributed by atoms with Gasteiger partial charge in [-0.05, 0) is 47.0 Å². The monoisotopic (exact) mass is 434 g/mol. The van der Waals surface area contributed by atoms with Crippen LogP contribution in [0.3, 0.4) is 0 Å². The van der Waals surface area contributed by atoms with E-state index < -0.39 is 18.1 Å². The zero-order valence-corrected chi connectivity index (χ0v) is 17.6. The molecule has 1 saturated carbocycles. The number of rotatable bonds is 8. The van der Waals surface area contributed by atoms with Gasteiger partial charge in [0.25, 0.3) is 0 Å². The van der Waals surface area contributed by atoms with E-state index in [-0.39, 0.29) is 6.04 Å². The van der Waals surface area contributed by atoms with E-state index in [0.717, 1.165) is 42.1 Å². The molecule has 1 aliphatic rings. The maximum Gasteiger partial charge on any atom is 0.321 e. The van der Waals surface area contributed by atoms with Crippen molar-refractivity contribution in [3.05, 3.63) is 66.0 Å². The highest BCUT2D eigenvalue weighted by atomic mass is 16.4. The molecule has 1 aromatic carbocycles. The summed E-state index contributed by atoms with van der Waals surface area (Å²) in [5.74, 6) is 0.225. The van der Waals surface area contributed by atoms with Gasteiger partial charge in [0.05, 0.1) is 12.3 Å². The number of carboxylic acids is 1. The molecule has 3 heterocycles. The van der Waals surface area contributed by atoms with Crippen molar-refractivity contribution in [3.63, 3.8) is 0 Å². The first kappa shape index (κ1) is 20.4. The van der Waals surface area contributed by atoms with Crippen LogP contribution in [-0.4, -0.2) is 42.3 Å². The number of nitrogens with one attached hydrogen (secondary N) is 2. The van der Waals surface area contributed by atoms with E-state index in [1.54, 1.807) is 12.3 Å². The minimum atomic E-state index is -0.941. The molecule has 4 aromatic rings. The molecule has 1 aliphatic carbocycles. The van der Waals surface area contributed by atoms with Gasteiger partial charge >= 0.3 is 5.97 Å². The third-order valence-corrected chi connectivity index (χ3v) is 6.29. The Bertz CT molecular complexity index is 1180. The average molecular weight is 435 g/mol. The second-order valence-corrected chi connectivity index (χ2v) is 8.34. The Labute approximate surface area is 184 Å². The Morgan fingerprint density at radius 2 is 2.06 bits per heavy atom. The van der Waals surface area contributed by atoms with Crippen LogP contribution in [0.25, 0.3) is 10.9 Å². The summed E-state index contributed by atoms with van der Waals surface area (Å²) < 4.78 is 7.53. The van der Waals surface area contributed by atoms with E-state index in [1.165, 1.54) is 6.42 Å². The Kier molecular flexibility index (Phi) is 5.72.